The molecule has 0 spiro atoms. The fourth-order valence-corrected chi connectivity index (χ4v) is 5.56. The molecule has 3 heterocycles. The number of aromatic nitrogens is 3. The zero-order chi connectivity index (χ0) is 30.3. The highest BCUT2D eigenvalue weighted by atomic mass is 16.4. The van der Waals surface area contributed by atoms with Gasteiger partial charge in [-0.15, -0.1) is 0 Å². The summed E-state index contributed by atoms with van der Waals surface area (Å²) in [6.45, 7) is 0.370. The molecule has 0 saturated carbocycles. The van der Waals surface area contributed by atoms with Crippen LogP contribution < -0.4 is 16.4 Å². The lowest BCUT2D eigenvalue weighted by Crippen LogP contribution is -2.57. The summed E-state index contributed by atoms with van der Waals surface area (Å²) in [5.41, 5.74) is 9.29. The fraction of sp³-hybridized carbons (Fsp3) is 0.323. The number of benzene rings is 2. The van der Waals surface area contributed by atoms with E-state index in [4.69, 9.17) is 5.73 Å². The third-order valence-electron chi connectivity index (χ3n) is 7.78. The van der Waals surface area contributed by atoms with Crippen molar-refractivity contribution in [2.24, 2.45) is 5.73 Å². The van der Waals surface area contributed by atoms with Crippen LogP contribution in [0.15, 0.2) is 73.3 Å². The number of aliphatic carboxylic acids is 1. The van der Waals surface area contributed by atoms with Crippen LogP contribution in [0.2, 0.25) is 0 Å². The Kier molecular flexibility index (Phi) is 9.16. The van der Waals surface area contributed by atoms with Crippen LogP contribution in [0.25, 0.3) is 10.9 Å². The molecule has 7 N–H and O–H groups in total. The number of imidazole rings is 1. The van der Waals surface area contributed by atoms with Crippen LogP contribution in [-0.2, 0) is 38.4 Å². The Morgan fingerprint density at radius 1 is 0.977 bits per heavy atom. The Morgan fingerprint density at radius 2 is 1.74 bits per heavy atom. The lowest BCUT2D eigenvalue weighted by molar-refractivity contribution is -0.143. The maximum absolute atomic E-state index is 13.6. The minimum Gasteiger partial charge on any atom is -0.480 e. The number of carbonyl (C=O) groups excluding carboxylic acids is 3. The molecule has 3 amide bonds. The number of para-hydroxylation sites is 1. The average Bonchev–Trinajstić information content (AvgIpc) is 3.78. The number of nitrogens with zero attached hydrogens (tertiary/aromatic N) is 2. The smallest absolute Gasteiger partial charge is 0.326 e. The minimum atomic E-state index is -1.23. The summed E-state index contributed by atoms with van der Waals surface area (Å²) < 4.78 is 0. The summed E-state index contributed by atoms with van der Waals surface area (Å²) in [4.78, 5) is 64.1. The number of nitrogens with two attached hydrogens (primary N) is 1. The highest BCUT2D eigenvalue weighted by Gasteiger charge is 2.38. The zero-order valence-corrected chi connectivity index (χ0v) is 23.5. The molecule has 2 aromatic carbocycles. The predicted molar refractivity (Wildman–Crippen MR) is 159 cm³/mol. The first-order valence-electron chi connectivity index (χ1n) is 14.3. The average molecular weight is 586 g/mol. The van der Waals surface area contributed by atoms with Gasteiger partial charge in [-0.3, -0.25) is 14.4 Å². The van der Waals surface area contributed by atoms with Gasteiger partial charge in [-0.05, 0) is 30.0 Å². The van der Waals surface area contributed by atoms with Crippen LogP contribution in [0.5, 0.6) is 0 Å². The van der Waals surface area contributed by atoms with Gasteiger partial charge in [0, 0.05) is 54.8 Å². The molecule has 43 heavy (non-hydrogen) atoms. The van der Waals surface area contributed by atoms with Gasteiger partial charge in [0.1, 0.15) is 18.1 Å². The molecular formula is C31H35N7O5. The molecule has 12 heteroatoms. The van der Waals surface area contributed by atoms with E-state index in [0.29, 0.717) is 25.1 Å². The second-order valence-electron chi connectivity index (χ2n) is 10.8. The molecular weight excluding hydrogens is 550 g/mol. The van der Waals surface area contributed by atoms with E-state index in [1.165, 1.54) is 11.2 Å². The number of carboxylic acids is 1. The van der Waals surface area contributed by atoms with Crippen LogP contribution in [0.4, 0.5) is 0 Å². The third kappa shape index (κ3) is 7.09. The van der Waals surface area contributed by atoms with Crippen molar-refractivity contribution < 1.29 is 24.3 Å². The summed E-state index contributed by atoms with van der Waals surface area (Å²) >= 11 is 0. The van der Waals surface area contributed by atoms with E-state index in [0.717, 1.165) is 22.0 Å². The van der Waals surface area contributed by atoms with Gasteiger partial charge in [0.05, 0.1) is 12.4 Å². The highest BCUT2D eigenvalue weighted by Crippen LogP contribution is 2.21. The zero-order valence-electron chi connectivity index (χ0n) is 23.5. The van der Waals surface area contributed by atoms with Gasteiger partial charge in [-0.25, -0.2) is 9.78 Å². The van der Waals surface area contributed by atoms with E-state index < -0.39 is 42.0 Å². The van der Waals surface area contributed by atoms with Crippen LogP contribution >= 0.6 is 0 Å². The van der Waals surface area contributed by atoms with Gasteiger partial charge in [0.15, 0.2) is 0 Å². The van der Waals surface area contributed by atoms with Crippen molar-refractivity contribution in [3.05, 3.63) is 90.1 Å². The number of aromatic amines is 2. The van der Waals surface area contributed by atoms with Gasteiger partial charge in [0.2, 0.25) is 17.7 Å². The minimum absolute atomic E-state index is 0.0518. The fourth-order valence-electron chi connectivity index (χ4n) is 5.56. The van der Waals surface area contributed by atoms with Crippen molar-refractivity contribution in [1.29, 1.82) is 0 Å². The van der Waals surface area contributed by atoms with Crippen molar-refractivity contribution >= 4 is 34.6 Å². The number of fused-ring (bicyclic) bond motifs is 1. The van der Waals surface area contributed by atoms with E-state index in [1.807, 2.05) is 54.6 Å². The summed E-state index contributed by atoms with van der Waals surface area (Å²) in [6.07, 6.45) is 6.31. The summed E-state index contributed by atoms with van der Waals surface area (Å²) in [5, 5.41) is 16.3. The Morgan fingerprint density at radius 3 is 2.49 bits per heavy atom. The van der Waals surface area contributed by atoms with Gasteiger partial charge >= 0.3 is 5.97 Å². The molecule has 0 bridgehead atoms. The number of nitrogens with one attached hydrogen (secondary N) is 4. The van der Waals surface area contributed by atoms with Crippen LogP contribution in [0.1, 0.15) is 29.7 Å². The molecule has 1 aliphatic heterocycles. The van der Waals surface area contributed by atoms with Crippen molar-refractivity contribution in [1.82, 2.24) is 30.5 Å². The Hall–Kier alpha value is -4.97. The molecule has 4 aromatic rings. The Bertz CT molecular complexity index is 1570. The largest absolute Gasteiger partial charge is 0.480 e. The quantitative estimate of drug-likeness (QED) is 0.145. The number of H-pyrrole nitrogens is 2. The van der Waals surface area contributed by atoms with Crippen LogP contribution in [-0.4, -0.2) is 79.4 Å². The van der Waals surface area contributed by atoms with Gasteiger partial charge in [0.25, 0.3) is 0 Å². The molecule has 5 rings (SSSR count). The number of amides is 3. The van der Waals surface area contributed by atoms with Crippen molar-refractivity contribution in [3.63, 3.8) is 0 Å². The number of carbonyl (C=O) groups is 4. The second kappa shape index (κ2) is 13.3. The summed E-state index contributed by atoms with van der Waals surface area (Å²) in [5.74, 6) is -2.67. The molecule has 224 valence electrons. The van der Waals surface area contributed by atoms with E-state index in [2.05, 4.69) is 25.6 Å². The van der Waals surface area contributed by atoms with E-state index in [9.17, 15) is 24.3 Å². The number of hydrogen-bond acceptors (Lipinski definition) is 6. The Labute approximate surface area is 248 Å². The summed E-state index contributed by atoms with van der Waals surface area (Å²) in [7, 11) is 0. The topological polar surface area (TPSA) is 186 Å². The number of likely N-dealkylation sites (tertiary alicyclic amines) is 1. The van der Waals surface area contributed by atoms with E-state index in [1.54, 1.807) is 12.4 Å². The molecule has 12 nitrogen and oxygen atoms in total. The highest BCUT2D eigenvalue weighted by molar-refractivity contribution is 5.95. The van der Waals surface area contributed by atoms with Crippen LogP contribution in [0, 0.1) is 0 Å². The molecule has 0 radical (unpaired) electrons. The Balaban J connectivity index is 1.30. The summed E-state index contributed by atoms with van der Waals surface area (Å²) in [6, 6.07) is 12.7. The molecule has 1 aliphatic rings. The predicted octanol–water partition coefficient (Wildman–Crippen LogP) is 1.29. The second-order valence-corrected chi connectivity index (χ2v) is 10.8. The van der Waals surface area contributed by atoms with Crippen molar-refractivity contribution in [3.8, 4) is 0 Å². The molecule has 0 aliphatic carbocycles. The lowest BCUT2D eigenvalue weighted by atomic mass is 10.0. The molecule has 4 unspecified atom stereocenters. The molecule has 1 saturated heterocycles. The first kappa shape index (κ1) is 29.5. The van der Waals surface area contributed by atoms with Crippen molar-refractivity contribution in [2.45, 2.75) is 56.3 Å². The monoisotopic (exact) mass is 585 g/mol. The van der Waals surface area contributed by atoms with Crippen molar-refractivity contribution in [2.75, 3.05) is 6.54 Å². The first-order chi connectivity index (χ1) is 20.8. The maximum atomic E-state index is 13.6. The standard InChI is InChI=1S/C31H35N7O5/c32-23(15-21-17-33-18-35-21)30(41)38-12-6-11-27(38)29(40)36-25(13-19-7-2-1-3-8-19)28(39)37-26(31(42)43)14-20-16-34-24-10-5-4-9-22(20)24/h1-5,7-10,16-18,23,25-27,34H,6,11-15,32H2,(H,33,35)(H,36,40)(H,37,39)(H,42,43). The van der Waals surface area contributed by atoms with E-state index >= 15 is 0 Å². The normalized spacial score (nSPS) is 16.9. The SMILES string of the molecule is NC(Cc1cnc[nH]1)C(=O)N1CCCC1C(=O)NC(Cc1ccccc1)C(=O)NC(Cc1c[nH]c2ccccc12)C(=O)O. The number of rotatable bonds is 12. The molecule has 2 aromatic heterocycles. The van der Waals surface area contributed by atoms with E-state index in [-0.39, 0.29) is 25.2 Å². The van der Waals surface area contributed by atoms with Crippen LogP contribution in [0.3, 0.4) is 0 Å². The lowest BCUT2D eigenvalue weighted by Gasteiger charge is -2.28. The maximum Gasteiger partial charge on any atom is 0.326 e. The molecule has 4 atom stereocenters. The first-order valence-corrected chi connectivity index (χ1v) is 14.3. The molecule has 1 fully saturated rings. The van der Waals surface area contributed by atoms with Gasteiger partial charge in [-0.2, -0.15) is 0 Å². The van der Waals surface area contributed by atoms with Gasteiger partial charge < -0.3 is 36.3 Å². The third-order valence-corrected chi connectivity index (χ3v) is 7.78. The number of hydrogen-bond donors (Lipinski definition) is 6. The number of carboxylic acid groups (broad SMARTS) is 1. The van der Waals surface area contributed by atoms with Gasteiger partial charge in [-0.1, -0.05) is 48.5 Å².